The van der Waals surface area contributed by atoms with E-state index in [1.807, 2.05) is 6.92 Å². The van der Waals surface area contributed by atoms with Crippen molar-refractivity contribution < 1.29 is 9.53 Å². The van der Waals surface area contributed by atoms with E-state index in [-0.39, 0.29) is 12.1 Å². The van der Waals surface area contributed by atoms with Crippen molar-refractivity contribution in [3.05, 3.63) is 0 Å². The number of esters is 1. The zero-order chi connectivity index (χ0) is 21.2. The highest BCUT2D eigenvalue weighted by Gasteiger charge is 2.32. The quantitative estimate of drug-likeness (QED) is 0.263. The standard InChI is InChI=1S/C28H50O2/c1-3-5-6-7-22-8-10-23(11-9-22)12-13-24-14-16-25(17-15-24)26-18-20-27(21-19-26)30-28(29)4-2/h22-27H,3-21H2,1-2H3/t22-,23-,24?,25?,26?,27?. The van der Waals surface area contributed by atoms with Crippen molar-refractivity contribution in [3.8, 4) is 0 Å². The highest BCUT2D eigenvalue weighted by atomic mass is 16.5. The Morgan fingerprint density at radius 3 is 1.60 bits per heavy atom. The van der Waals surface area contributed by atoms with Crippen LogP contribution in [0.1, 0.15) is 136 Å². The molecule has 2 nitrogen and oxygen atoms in total. The van der Waals surface area contributed by atoms with E-state index in [1.165, 1.54) is 103 Å². The fraction of sp³-hybridized carbons (Fsp3) is 0.964. The third-order valence-corrected chi connectivity index (χ3v) is 9.03. The Kier molecular flexibility index (Phi) is 10.5. The highest BCUT2D eigenvalue weighted by Crippen LogP contribution is 2.42. The van der Waals surface area contributed by atoms with Crippen LogP contribution in [0.4, 0.5) is 0 Å². The molecule has 0 aromatic heterocycles. The van der Waals surface area contributed by atoms with Gasteiger partial charge in [0, 0.05) is 6.42 Å². The summed E-state index contributed by atoms with van der Waals surface area (Å²) in [6.07, 6.45) is 26.4. The van der Waals surface area contributed by atoms with Crippen molar-refractivity contribution in [2.24, 2.45) is 29.6 Å². The van der Waals surface area contributed by atoms with Crippen LogP contribution in [0.25, 0.3) is 0 Å². The highest BCUT2D eigenvalue weighted by molar-refractivity contribution is 5.69. The normalized spacial score (nSPS) is 35.1. The smallest absolute Gasteiger partial charge is 0.305 e. The number of hydrogen-bond donors (Lipinski definition) is 0. The van der Waals surface area contributed by atoms with Crippen LogP contribution in [0.15, 0.2) is 0 Å². The van der Waals surface area contributed by atoms with Crippen LogP contribution in [0.3, 0.4) is 0 Å². The Bertz CT molecular complexity index is 463. The number of carbonyl (C=O) groups is 1. The van der Waals surface area contributed by atoms with Gasteiger partial charge in [-0.2, -0.15) is 0 Å². The van der Waals surface area contributed by atoms with Gasteiger partial charge in [0.1, 0.15) is 6.10 Å². The number of carbonyl (C=O) groups excluding carboxylic acids is 1. The molecule has 0 heterocycles. The molecule has 3 aliphatic carbocycles. The Hall–Kier alpha value is -0.530. The van der Waals surface area contributed by atoms with Gasteiger partial charge in [-0.1, -0.05) is 90.9 Å². The first-order chi connectivity index (χ1) is 14.7. The van der Waals surface area contributed by atoms with Gasteiger partial charge in [0.2, 0.25) is 0 Å². The minimum Gasteiger partial charge on any atom is -0.462 e. The molecule has 30 heavy (non-hydrogen) atoms. The number of hydrogen-bond acceptors (Lipinski definition) is 2. The predicted molar refractivity (Wildman–Crippen MR) is 126 cm³/mol. The predicted octanol–water partition coefficient (Wildman–Crippen LogP) is 8.47. The summed E-state index contributed by atoms with van der Waals surface area (Å²) in [4.78, 5) is 11.5. The van der Waals surface area contributed by atoms with Gasteiger partial charge in [-0.3, -0.25) is 4.79 Å². The molecular formula is C28H50O2. The minimum absolute atomic E-state index is 0.0102. The maximum absolute atomic E-state index is 11.5. The SMILES string of the molecule is CCCCC[C@H]1CC[C@H](CCC2CCC(C3CCC(OC(=O)CC)CC3)CC2)CC1. The van der Waals surface area contributed by atoms with Gasteiger partial charge in [-0.25, -0.2) is 0 Å². The molecule has 3 saturated carbocycles. The van der Waals surface area contributed by atoms with E-state index in [4.69, 9.17) is 4.74 Å². The van der Waals surface area contributed by atoms with Crippen molar-refractivity contribution >= 4 is 5.97 Å². The maximum Gasteiger partial charge on any atom is 0.305 e. The Balaban J connectivity index is 1.25. The molecule has 0 radical (unpaired) electrons. The molecule has 0 atom stereocenters. The molecular weight excluding hydrogens is 368 g/mol. The Morgan fingerprint density at radius 1 is 0.633 bits per heavy atom. The van der Waals surface area contributed by atoms with Gasteiger partial charge in [-0.15, -0.1) is 0 Å². The molecule has 0 saturated heterocycles. The zero-order valence-corrected chi connectivity index (χ0v) is 20.2. The molecule has 0 aliphatic heterocycles. The van der Waals surface area contributed by atoms with E-state index in [2.05, 4.69) is 6.92 Å². The second-order valence-electron chi connectivity index (χ2n) is 11.1. The first kappa shape index (κ1) is 24.1. The minimum atomic E-state index is -0.0102. The largest absolute Gasteiger partial charge is 0.462 e. The molecule has 0 aromatic rings. The maximum atomic E-state index is 11.5. The van der Waals surface area contributed by atoms with E-state index in [1.54, 1.807) is 0 Å². The summed E-state index contributed by atoms with van der Waals surface area (Å²) in [6, 6.07) is 0. The van der Waals surface area contributed by atoms with E-state index in [0.717, 1.165) is 42.4 Å². The lowest BCUT2D eigenvalue weighted by atomic mass is 9.69. The van der Waals surface area contributed by atoms with Gasteiger partial charge in [0.15, 0.2) is 0 Å². The van der Waals surface area contributed by atoms with Crippen molar-refractivity contribution in [3.63, 3.8) is 0 Å². The first-order valence-corrected chi connectivity index (χ1v) is 13.9. The summed E-state index contributed by atoms with van der Waals surface area (Å²) >= 11 is 0. The van der Waals surface area contributed by atoms with Gasteiger partial charge in [0.05, 0.1) is 0 Å². The average Bonchev–Trinajstić information content (AvgIpc) is 2.79. The molecule has 3 rings (SSSR count). The molecule has 3 fully saturated rings. The van der Waals surface area contributed by atoms with Crippen LogP contribution in [-0.2, 0) is 9.53 Å². The van der Waals surface area contributed by atoms with Crippen LogP contribution in [0, 0.1) is 29.6 Å². The second-order valence-corrected chi connectivity index (χ2v) is 11.1. The van der Waals surface area contributed by atoms with E-state index in [9.17, 15) is 4.79 Å². The molecule has 2 heteroatoms. The van der Waals surface area contributed by atoms with Gasteiger partial charge >= 0.3 is 5.97 Å². The van der Waals surface area contributed by atoms with Crippen molar-refractivity contribution in [2.45, 2.75) is 142 Å². The van der Waals surface area contributed by atoms with Crippen LogP contribution in [-0.4, -0.2) is 12.1 Å². The lowest BCUT2D eigenvalue weighted by Crippen LogP contribution is -2.29. The number of ether oxygens (including phenoxy) is 1. The third kappa shape index (κ3) is 7.86. The lowest BCUT2D eigenvalue weighted by Gasteiger charge is -2.38. The van der Waals surface area contributed by atoms with Crippen molar-refractivity contribution in [1.82, 2.24) is 0 Å². The summed E-state index contributed by atoms with van der Waals surface area (Å²) in [6.45, 7) is 4.22. The van der Waals surface area contributed by atoms with Crippen molar-refractivity contribution in [1.29, 1.82) is 0 Å². The second kappa shape index (κ2) is 13.1. The van der Waals surface area contributed by atoms with Gasteiger partial charge in [0.25, 0.3) is 0 Å². The lowest BCUT2D eigenvalue weighted by molar-refractivity contribution is -0.150. The summed E-state index contributed by atoms with van der Waals surface area (Å²) in [7, 11) is 0. The number of rotatable bonds is 10. The third-order valence-electron chi connectivity index (χ3n) is 9.03. The molecule has 0 unspecified atom stereocenters. The van der Waals surface area contributed by atoms with Crippen molar-refractivity contribution in [2.75, 3.05) is 0 Å². The fourth-order valence-electron chi connectivity index (χ4n) is 6.86. The Labute approximate surface area is 187 Å². The fourth-order valence-corrected chi connectivity index (χ4v) is 6.86. The van der Waals surface area contributed by atoms with Crippen LogP contribution < -0.4 is 0 Å². The Morgan fingerprint density at radius 2 is 1.10 bits per heavy atom. The topological polar surface area (TPSA) is 26.3 Å². The molecule has 0 bridgehead atoms. The van der Waals surface area contributed by atoms with E-state index >= 15 is 0 Å². The molecule has 3 aliphatic rings. The summed E-state index contributed by atoms with van der Waals surface area (Å²) < 4.78 is 5.57. The molecule has 0 amide bonds. The van der Waals surface area contributed by atoms with E-state index < -0.39 is 0 Å². The van der Waals surface area contributed by atoms with Gasteiger partial charge < -0.3 is 4.74 Å². The summed E-state index contributed by atoms with van der Waals surface area (Å²) in [5, 5.41) is 0. The molecule has 0 aromatic carbocycles. The van der Waals surface area contributed by atoms with Crippen LogP contribution >= 0.6 is 0 Å². The molecule has 174 valence electrons. The van der Waals surface area contributed by atoms with E-state index in [0.29, 0.717) is 6.42 Å². The molecule has 0 spiro atoms. The summed E-state index contributed by atoms with van der Waals surface area (Å²) in [5.41, 5.74) is 0. The zero-order valence-electron chi connectivity index (χ0n) is 20.2. The molecule has 0 N–H and O–H groups in total. The van der Waals surface area contributed by atoms with Gasteiger partial charge in [-0.05, 0) is 68.1 Å². The average molecular weight is 419 g/mol. The monoisotopic (exact) mass is 418 g/mol. The summed E-state index contributed by atoms with van der Waals surface area (Å²) in [5.74, 6) is 4.98. The van der Waals surface area contributed by atoms with Crippen LogP contribution in [0.5, 0.6) is 0 Å². The van der Waals surface area contributed by atoms with Crippen LogP contribution in [0.2, 0.25) is 0 Å². The number of unbranched alkanes of at least 4 members (excludes halogenated alkanes) is 2. The first-order valence-electron chi connectivity index (χ1n) is 13.9.